The first-order valence-electron chi connectivity index (χ1n) is 5.64. The van der Waals surface area contributed by atoms with Crippen LogP contribution in [-0.4, -0.2) is 33.6 Å². The molecule has 1 aliphatic heterocycles. The Balaban J connectivity index is 1.88. The van der Waals surface area contributed by atoms with Crippen LogP contribution in [0.5, 0.6) is 0 Å². The monoisotopic (exact) mass is 209 g/mol. The highest BCUT2D eigenvalue weighted by Crippen LogP contribution is 2.13. The minimum absolute atomic E-state index is 0.263. The highest BCUT2D eigenvalue weighted by Gasteiger charge is 2.21. The minimum atomic E-state index is -0.283. The molecule has 0 aliphatic carbocycles. The van der Waals surface area contributed by atoms with Crippen LogP contribution in [0.3, 0.4) is 0 Å². The normalized spacial score (nSPS) is 24.0. The first-order chi connectivity index (χ1) is 7.25. The maximum atomic E-state index is 10.0. The Bertz CT molecular complexity index is 305. The number of hydrogen-bond donors (Lipinski definition) is 2. The molecule has 2 N–H and O–H groups in total. The number of piperidine rings is 1. The number of aryl methyl sites for hydroxylation is 1. The number of nitrogens with zero attached hydrogens (tertiary/aromatic N) is 2. The number of aliphatic hydroxyl groups is 1. The van der Waals surface area contributed by atoms with Crippen molar-refractivity contribution in [2.75, 3.05) is 6.54 Å². The highest BCUT2D eigenvalue weighted by molar-refractivity contribution is 5.06. The van der Waals surface area contributed by atoms with Gasteiger partial charge in [-0.15, -0.1) is 0 Å². The van der Waals surface area contributed by atoms with E-state index in [9.17, 15) is 5.11 Å². The quantitative estimate of drug-likeness (QED) is 0.760. The Hall–Kier alpha value is -0.870. The molecule has 15 heavy (non-hydrogen) atoms. The molecule has 4 heteroatoms. The molecule has 0 saturated carbocycles. The Kier molecular flexibility index (Phi) is 3.38. The minimum Gasteiger partial charge on any atom is -0.391 e. The van der Waals surface area contributed by atoms with Crippen molar-refractivity contribution < 1.29 is 5.11 Å². The topological polar surface area (TPSA) is 50.1 Å². The molecule has 0 bridgehead atoms. The largest absolute Gasteiger partial charge is 0.391 e. The molecule has 84 valence electrons. The predicted octanol–water partition coefficient (Wildman–Crippen LogP) is 0.466. The predicted molar refractivity (Wildman–Crippen MR) is 58.6 cm³/mol. The maximum Gasteiger partial charge on any atom is 0.0734 e. The number of nitrogens with one attached hydrogen (secondary N) is 1. The molecular formula is C11H19N3O. The van der Waals surface area contributed by atoms with E-state index in [4.69, 9.17) is 0 Å². The second-order valence-electron chi connectivity index (χ2n) is 4.35. The van der Waals surface area contributed by atoms with Gasteiger partial charge in [-0.1, -0.05) is 6.42 Å². The van der Waals surface area contributed by atoms with Crippen LogP contribution in [0.25, 0.3) is 0 Å². The molecule has 1 aromatic rings. The molecule has 0 amide bonds. The van der Waals surface area contributed by atoms with E-state index >= 15 is 0 Å². The fourth-order valence-electron chi connectivity index (χ4n) is 2.17. The molecular weight excluding hydrogens is 190 g/mol. The second kappa shape index (κ2) is 4.77. The van der Waals surface area contributed by atoms with Crippen LogP contribution >= 0.6 is 0 Å². The van der Waals surface area contributed by atoms with Crippen molar-refractivity contribution in [1.82, 2.24) is 15.1 Å². The number of rotatable bonds is 3. The van der Waals surface area contributed by atoms with Gasteiger partial charge in [0.15, 0.2) is 0 Å². The summed E-state index contributed by atoms with van der Waals surface area (Å²) in [5.41, 5.74) is 1.11. The zero-order valence-corrected chi connectivity index (χ0v) is 9.19. The summed E-state index contributed by atoms with van der Waals surface area (Å²) in [5.74, 6) is 0. The van der Waals surface area contributed by atoms with Crippen LogP contribution < -0.4 is 5.32 Å². The molecule has 2 rings (SSSR count). The van der Waals surface area contributed by atoms with Gasteiger partial charge in [0.25, 0.3) is 0 Å². The first kappa shape index (κ1) is 10.6. The Morgan fingerprint density at radius 2 is 2.53 bits per heavy atom. The summed E-state index contributed by atoms with van der Waals surface area (Å²) in [6, 6.07) is 0.263. The molecule has 2 atom stereocenters. The lowest BCUT2D eigenvalue weighted by Crippen LogP contribution is -2.43. The van der Waals surface area contributed by atoms with Crippen molar-refractivity contribution in [2.24, 2.45) is 7.05 Å². The lowest BCUT2D eigenvalue weighted by atomic mass is 9.96. The van der Waals surface area contributed by atoms with Gasteiger partial charge >= 0.3 is 0 Å². The molecule has 0 spiro atoms. The van der Waals surface area contributed by atoms with E-state index in [0.717, 1.165) is 18.5 Å². The zero-order chi connectivity index (χ0) is 10.7. The fraction of sp³-hybridized carbons (Fsp3) is 0.727. The van der Waals surface area contributed by atoms with Crippen LogP contribution in [0, 0.1) is 0 Å². The second-order valence-corrected chi connectivity index (χ2v) is 4.35. The van der Waals surface area contributed by atoms with Crippen molar-refractivity contribution >= 4 is 0 Å². The molecule has 1 aliphatic rings. The number of hydrogen-bond acceptors (Lipinski definition) is 3. The summed E-state index contributed by atoms with van der Waals surface area (Å²) in [6.07, 6.45) is 7.75. The molecule has 1 fully saturated rings. The average molecular weight is 209 g/mol. The molecule has 2 unspecified atom stereocenters. The maximum absolute atomic E-state index is 10.0. The summed E-state index contributed by atoms with van der Waals surface area (Å²) in [7, 11) is 1.90. The van der Waals surface area contributed by atoms with Gasteiger partial charge in [0.2, 0.25) is 0 Å². The van der Waals surface area contributed by atoms with Crippen LogP contribution in [-0.2, 0) is 13.5 Å². The zero-order valence-electron chi connectivity index (χ0n) is 9.19. The van der Waals surface area contributed by atoms with Crippen LogP contribution in [0.15, 0.2) is 12.4 Å². The molecule has 0 radical (unpaired) electrons. The van der Waals surface area contributed by atoms with Crippen LogP contribution in [0.4, 0.5) is 0 Å². The Morgan fingerprint density at radius 1 is 1.67 bits per heavy atom. The number of aromatic nitrogens is 2. The third-order valence-corrected chi connectivity index (χ3v) is 3.02. The molecule has 4 nitrogen and oxygen atoms in total. The van der Waals surface area contributed by atoms with Crippen LogP contribution in [0.1, 0.15) is 24.8 Å². The van der Waals surface area contributed by atoms with Crippen molar-refractivity contribution in [3.05, 3.63) is 18.0 Å². The Labute approximate surface area is 90.3 Å². The summed E-state index contributed by atoms with van der Waals surface area (Å²) >= 11 is 0. The van der Waals surface area contributed by atoms with Crippen molar-refractivity contribution in [3.63, 3.8) is 0 Å². The summed E-state index contributed by atoms with van der Waals surface area (Å²) < 4.78 is 1.77. The van der Waals surface area contributed by atoms with Gasteiger partial charge in [0, 0.05) is 25.7 Å². The molecule has 0 aromatic carbocycles. The lowest BCUT2D eigenvalue weighted by molar-refractivity contribution is 0.113. The number of aliphatic hydroxyl groups excluding tert-OH is 1. The Morgan fingerprint density at radius 3 is 3.13 bits per heavy atom. The van der Waals surface area contributed by atoms with Gasteiger partial charge in [-0.2, -0.15) is 5.10 Å². The van der Waals surface area contributed by atoms with Gasteiger partial charge in [0.1, 0.15) is 0 Å². The van der Waals surface area contributed by atoms with Gasteiger partial charge in [-0.25, -0.2) is 0 Å². The smallest absolute Gasteiger partial charge is 0.0734 e. The first-order valence-corrected chi connectivity index (χ1v) is 5.64. The van der Waals surface area contributed by atoms with Gasteiger partial charge in [-0.05, 0) is 24.9 Å². The van der Waals surface area contributed by atoms with E-state index in [1.54, 1.807) is 4.68 Å². The molecule has 1 saturated heterocycles. The van der Waals surface area contributed by atoms with Crippen molar-refractivity contribution in [2.45, 2.75) is 37.8 Å². The average Bonchev–Trinajstić information content (AvgIpc) is 2.65. The highest BCUT2D eigenvalue weighted by atomic mass is 16.3. The standard InChI is InChI=1S/C11H19N3O/c1-14-8-9(7-13-14)6-11(15)10-4-2-3-5-12-10/h7-8,10-12,15H,2-6H2,1H3. The van der Waals surface area contributed by atoms with Gasteiger partial charge in [0.05, 0.1) is 12.3 Å². The SMILES string of the molecule is Cn1cc(CC(O)C2CCCCN2)cn1. The molecule has 1 aromatic heterocycles. The van der Waals surface area contributed by atoms with E-state index < -0.39 is 0 Å². The van der Waals surface area contributed by atoms with Gasteiger partial charge < -0.3 is 10.4 Å². The summed E-state index contributed by atoms with van der Waals surface area (Å²) in [4.78, 5) is 0. The van der Waals surface area contributed by atoms with E-state index in [0.29, 0.717) is 6.42 Å². The lowest BCUT2D eigenvalue weighted by Gasteiger charge is -2.27. The van der Waals surface area contributed by atoms with E-state index in [2.05, 4.69) is 10.4 Å². The summed E-state index contributed by atoms with van der Waals surface area (Å²) in [6.45, 7) is 1.04. The third-order valence-electron chi connectivity index (χ3n) is 3.02. The summed E-state index contributed by atoms with van der Waals surface area (Å²) in [5, 5.41) is 17.5. The third kappa shape index (κ3) is 2.79. The van der Waals surface area contributed by atoms with Gasteiger partial charge in [-0.3, -0.25) is 4.68 Å². The van der Waals surface area contributed by atoms with Crippen molar-refractivity contribution in [3.8, 4) is 0 Å². The van der Waals surface area contributed by atoms with Crippen molar-refractivity contribution in [1.29, 1.82) is 0 Å². The van der Waals surface area contributed by atoms with Crippen LogP contribution in [0.2, 0.25) is 0 Å². The fourth-order valence-corrected chi connectivity index (χ4v) is 2.17. The molecule has 2 heterocycles. The van der Waals surface area contributed by atoms with E-state index in [1.165, 1.54) is 12.8 Å². The van der Waals surface area contributed by atoms with E-state index in [1.807, 2.05) is 19.4 Å². The van der Waals surface area contributed by atoms with E-state index in [-0.39, 0.29) is 12.1 Å².